The summed E-state index contributed by atoms with van der Waals surface area (Å²) in [5, 5.41) is 8.76. The van der Waals surface area contributed by atoms with Gasteiger partial charge in [-0.2, -0.15) is 0 Å². The Hall–Kier alpha value is -1.95. The molecule has 2 aromatic rings. The number of nitrogens with zero attached hydrogens (tertiary/aromatic N) is 3. The van der Waals surface area contributed by atoms with Crippen molar-refractivity contribution in [3.8, 4) is 11.5 Å². The van der Waals surface area contributed by atoms with Gasteiger partial charge in [-0.05, 0) is 0 Å². The highest BCUT2D eigenvalue weighted by Crippen LogP contribution is 2.17. The monoisotopic (exact) mass is 238 g/mol. The molecule has 0 aliphatic rings. The molecular formula is C9H7ClN4O2. The smallest absolute Gasteiger partial charge is 0.307 e. The van der Waals surface area contributed by atoms with Crippen LogP contribution < -0.4 is 0 Å². The van der Waals surface area contributed by atoms with E-state index >= 15 is 0 Å². The largest absolute Gasteiger partial charge is 0.481 e. The van der Waals surface area contributed by atoms with E-state index in [0.717, 1.165) is 0 Å². The number of carbonyl (C=O) groups is 1. The fourth-order valence-corrected chi connectivity index (χ4v) is 1.37. The average molecular weight is 239 g/mol. The Morgan fingerprint density at radius 3 is 2.88 bits per heavy atom. The first kappa shape index (κ1) is 10.6. The Morgan fingerprint density at radius 2 is 2.31 bits per heavy atom. The first-order chi connectivity index (χ1) is 7.66. The number of carboxylic acid groups (broad SMARTS) is 1. The molecule has 82 valence electrons. The maximum atomic E-state index is 10.5. The predicted molar refractivity (Wildman–Crippen MR) is 56.0 cm³/mol. The number of halogens is 1. The molecule has 16 heavy (non-hydrogen) atoms. The minimum absolute atomic E-state index is 0.141. The normalized spacial score (nSPS) is 10.3. The lowest BCUT2D eigenvalue weighted by molar-refractivity contribution is -0.136. The van der Waals surface area contributed by atoms with E-state index in [9.17, 15) is 4.79 Å². The van der Waals surface area contributed by atoms with Crippen LogP contribution in [0.15, 0.2) is 18.7 Å². The first-order valence-electron chi connectivity index (χ1n) is 4.39. The predicted octanol–water partition coefficient (Wildman–Crippen LogP) is 1.15. The molecule has 0 aliphatic carbocycles. The molecule has 0 aliphatic heterocycles. The third-order valence-corrected chi connectivity index (χ3v) is 2.22. The number of aromatic nitrogens is 4. The summed E-state index contributed by atoms with van der Waals surface area (Å²) in [6, 6.07) is 0. The molecule has 2 N–H and O–H groups in total. The summed E-state index contributed by atoms with van der Waals surface area (Å²) in [4.78, 5) is 25.2. The number of aromatic amines is 1. The molecule has 0 unspecified atom stereocenters. The number of aliphatic carboxylic acids is 1. The molecule has 0 fully saturated rings. The van der Waals surface area contributed by atoms with Crippen molar-refractivity contribution < 1.29 is 9.90 Å². The highest BCUT2D eigenvalue weighted by atomic mass is 35.5. The van der Waals surface area contributed by atoms with E-state index in [1.165, 1.54) is 12.5 Å². The molecule has 0 bridgehead atoms. The van der Waals surface area contributed by atoms with Gasteiger partial charge in [0, 0.05) is 11.8 Å². The number of hydrogen-bond donors (Lipinski definition) is 2. The third-order valence-electron chi connectivity index (χ3n) is 1.89. The van der Waals surface area contributed by atoms with E-state index in [0.29, 0.717) is 17.1 Å². The van der Waals surface area contributed by atoms with Crippen molar-refractivity contribution in [2.45, 2.75) is 6.42 Å². The fourth-order valence-electron chi connectivity index (χ4n) is 1.18. The standard InChI is InChI=1S/C9H7ClN4O2/c10-8-5(1-7(15)16)2-12-9(14-8)6-3-11-4-13-6/h2-4H,1H2,(H,11,13)(H,15,16). The molecule has 0 atom stereocenters. The number of nitrogens with one attached hydrogen (secondary N) is 1. The Balaban J connectivity index is 2.33. The number of hydrogen-bond acceptors (Lipinski definition) is 4. The summed E-state index contributed by atoms with van der Waals surface area (Å²) in [6.45, 7) is 0. The molecule has 6 nitrogen and oxygen atoms in total. The van der Waals surface area contributed by atoms with Gasteiger partial charge in [0.1, 0.15) is 10.8 Å². The van der Waals surface area contributed by atoms with E-state index in [1.54, 1.807) is 6.20 Å². The molecule has 0 saturated carbocycles. The van der Waals surface area contributed by atoms with E-state index in [-0.39, 0.29) is 11.6 Å². The van der Waals surface area contributed by atoms with Crippen LogP contribution in [0.4, 0.5) is 0 Å². The fraction of sp³-hybridized carbons (Fsp3) is 0.111. The lowest BCUT2D eigenvalue weighted by Crippen LogP contribution is -2.03. The second kappa shape index (κ2) is 4.28. The molecule has 2 heterocycles. The zero-order chi connectivity index (χ0) is 11.5. The second-order valence-electron chi connectivity index (χ2n) is 3.05. The topological polar surface area (TPSA) is 91.8 Å². The van der Waals surface area contributed by atoms with Gasteiger partial charge >= 0.3 is 5.97 Å². The van der Waals surface area contributed by atoms with Crippen molar-refractivity contribution in [2.24, 2.45) is 0 Å². The molecule has 0 spiro atoms. The van der Waals surface area contributed by atoms with E-state index < -0.39 is 5.97 Å². The first-order valence-corrected chi connectivity index (χ1v) is 4.76. The zero-order valence-electron chi connectivity index (χ0n) is 8.01. The second-order valence-corrected chi connectivity index (χ2v) is 3.40. The van der Waals surface area contributed by atoms with Gasteiger partial charge in [-0.3, -0.25) is 4.79 Å². The molecule has 2 aromatic heterocycles. The van der Waals surface area contributed by atoms with Gasteiger partial charge in [0.2, 0.25) is 0 Å². The van der Waals surface area contributed by atoms with Crippen molar-refractivity contribution in [3.05, 3.63) is 29.4 Å². The average Bonchev–Trinajstić information content (AvgIpc) is 2.73. The summed E-state index contributed by atoms with van der Waals surface area (Å²) in [7, 11) is 0. The van der Waals surface area contributed by atoms with Crippen LogP contribution in [-0.2, 0) is 11.2 Å². The lowest BCUT2D eigenvalue weighted by Gasteiger charge is -2.01. The van der Waals surface area contributed by atoms with Gasteiger partial charge in [0.25, 0.3) is 0 Å². The number of imidazole rings is 1. The lowest BCUT2D eigenvalue weighted by atomic mass is 10.2. The van der Waals surface area contributed by atoms with Crippen molar-refractivity contribution in [3.63, 3.8) is 0 Å². The van der Waals surface area contributed by atoms with Gasteiger partial charge in [-0.25, -0.2) is 15.0 Å². The van der Waals surface area contributed by atoms with Crippen molar-refractivity contribution >= 4 is 17.6 Å². The van der Waals surface area contributed by atoms with Crippen LogP contribution in [0.2, 0.25) is 5.15 Å². The van der Waals surface area contributed by atoms with E-state index in [2.05, 4.69) is 19.9 Å². The van der Waals surface area contributed by atoms with Crippen LogP contribution in [0.1, 0.15) is 5.56 Å². The number of carboxylic acids is 1. The molecule has 0 saturated heterocycles. The minimum atomic E-state index is -0.972. The van der Waals surface area contributed by atoms with Crippen molar-refractivity contribution in [1.82, 2.24) is 19.9 Å². The van der Waals surface area contributed by atoms with Crippen LogP contribution in [0, 0.1) is 0 Å². The van der Waals surface area contributed by atoms with Crippen LogP contribution >= 0.6 is 11.6 Å². The highest BCUT2D eigenvalue weighted by molar-refractivity contribution is 6.30. The molecule has 0 radical (unpaired) electrons. The van der Waals surface area contributed by atoms with E-state index in [4.69, 9.17) is 16.7 Å². The van der Waals surface area contributed by atoms with Gasteiger partial charge in [0.05, 0.1) is 18.9 Å². The van der Waals surface area contributed by atoms with Gasteiger partial charge in [-0.1, -0.05) is 11.6 Å². The number of H-pyrrole nitrogens is 1. The van der Waals surface area contributed by atoms with Crippen LogP contribution in [-0.4, -0.2) is 31.0 Å². The minimum Gasteiger partial charge on any atom is -0.481 e. The summed E-state index contributed by atoms with van der Waals surface area (Å²) in [5.41, 5.74) is 1.02. The summed E-state index contributed by atoms with van der Waals surface area (Å²) in [6.07, 6.45) is 4.27. The number of rotatable bonds is 3. The summed E-state index contributed by atoms with van der Waals surface area (Å²) in [5.74, 6) is -0.587. The Morgan fingerprint density at radius 1 is 1.50 bits per heavy atom. The summed E-state index contributed by atoms with van der Waals surface area (Å²) < 4.78 is 0. The van der Waals surface area contributed by atoms with Crippen LogP contribution in [0.5, 0.6) is 0 Å². The highest BCUT2D eigenvalue weighted by Gasteiger charge is 2.10. The van der Waals surface area contributed by atoms with Gasteiger partial charge < -0.3 is 10.1 Å². The SMILES string of the molecule is O=C(O)Cc1cnc(-c2cnc[nH]2)nc1Cl. The maximum Gasteiger partial charge on any atom is 0.307 e. The Labute approximate surface area is 95.3 Å². The Kier molecular flexibility index (Phi) is 2.82. The van der Waals surface area contributed by atoms with E-state index in [1.807, 2.05) is 0 Å². The van der Waals surface area contributed by atoms with Crippen LogP contribution in [0.25, 0.3) is 11.5 Å². The molecule has 7 heteroatoms. The molecular weight excluding hydrogens is 232 g/mol. The molecule has 0 amide bonds. The zero-order valence-corrected chi connectivity index (χ0v) is 8.77. The maximum absolute atomic E-state index is 10.5. The van der Waals surface area contributed by atoms with Gasteiger partial charge in [0.15, 0.2) is 5.82 Å². The molecule has 0 aromatic carbocycles. The third kappa shape index (κ3) is 2.17. The Bertz CT molecular complexity index is 512. The van der Waals surface area contributed by atoms with Gasteiger partial charge in [-0.15, -0.1) is 0 Å². The van der Waals surface area contributed by atoms with Crippen molar-refractivity contribution in [1.29, 1.82) is 0 Å². The van der Waals surface area contributed by atoms with Crippen molar-refractivity contribution in [2.75, 3.05) is 0 Å². The summed E-state index contributed by atoms with van der Waals surface area (Å²) >= 11 is 5.84. The quantitative estimate of drug-likeness (QED) is 0.783. The molecule has 2 rings (SSSR count). The van der Waals surface area contributed by atoms with Crippen LogP contribution in [0.3, 0.4) is 0 Å².